The number of nitrogens with zero attached hydrogens (tertiary/aromatic N) is 1. The smallest absolute Gasteiger partial charge is 0.282 e. The van der Waals surface area contributed by atoms with Gasteiger partial charge in [0, 0.05) is 0 Å². The van der Waals surface area contributed by atoms with Crippen LogP contribution < -0.4 is 5.43 Å². The standard InChI is InChI=1S/C16H8Cl4N2O4/c1-5-3-2-4-6(13(5)23)14(24)21-22-15(25)7-8(16(22)26)10(18)12(20)11(19)9(7)17/h2-4,23H,1H3,(H,21,24). The predicted octanol–water partition coefficient (Wildman–Crippen LogP) is 4.26. The lowest BCUT2D eigenvalue weighted by Gasteiger charge is -2.16. The van der Waals surface area contributed by atoms with Crippen molar-refractivity contribution in [3.8, 4) is 5.75 Å². The van der Waals surface area contributed by atoms with Gasteiger partial charge in [0.15, 0.2) is 0 Å². The highest BCUT2D eigenvalue weighted by Gasteiger charge is 2.42. The van der Waals surface area contributed by atoms with Crippen LogP contribution in [0.4, 0.5) is 0 Å². The van der Waals surface area contributed by atoms with E-state index in [0.29, 0.717) is 10.6 Å². The number of aromatic hydroxyl groups is 1. The van der Waals surface area contributed by atoms with Gasteiger partial charge in [-0.1, -0.05) is 58.5 Å². The molecule has 0 aromatic heterocycles. The summed E-state index contributed by atoms with van der Waals surface area (Å²) in [4.78, 5) is 37.5. The molecule has 0 aliphatic carbocycles. The lowest BCUT2D eigenvalue weighted by molar-refractivity contribution is 0.0517. The van der Waals surface area contributed by atoms with Gasteiger partial charge < -0.3 is 5.11 Å². The van der Waals surface area contributed by atoms with Crippen molar-refractivity contribution in [2.24, 2.45) is 0 Å². The van der Waals surface area contributed by atoms with E-state index in [4.69, 9.17) is 46.4 Å². The Hall–Kier alpha value is -1.99. The fraction of sp³-hybridized carbons (Fsp3) is 0.0625. The van der Waals surface area contributed by atoms with Crippen LogP contribution in [0.2, 0.25) is 20.1 Å². The number of hydrogen-bond acceptors (Lipinski definition) is 4. The number of phenolic OH excluding ortho intramolecular Hbond substituents is 1. The molecular weight excluding hydrogens is 426 g/mol. The molecule has 134 valence electrons. The van der Waals surface area contributed by atoms with E-state index in [9.17, 15) is 19.5 Å². The number of imide groups is 1. The predicted molar refractivity (Wildman–Crippen MR) is 97.3 cm³/mol. The van der Waals surface area contributed by atoms with Gasteiger partial charge in [-0.3, -0.25) is 19.8 Å². The van der Waals surface area contributed by atoms with Crippen LogP contribution in [0, 0.1) is 6.92 Å². The van der Waals surface area contributed by atoms with Crippen molar-refractivity contribution in [3.05, 3.63) is 60.5 Å². The number of aryl methyl sites for hydroxylation is 1. The van der Waals surface area contributed by atoms with Crippen molar-refractivity contribution >= 4 is 64.1 Å². The fourth-order valence-corrected chi connectivity index (χ4v) is 3.47. The number of carbonyl (C=O) groups excluding carboxylic acids is 3. The maximum atomic E-state index is 12.5. The molecule has 0 saturated carbocycles. The van der Waals surface area contributed by atoms with Gasteiger partial charge in [-0.15, -0.1) is 0 Å². The van der Waals surface area contributed by atoms with Gasteiger partial charge in [-0.25, -0.2) is 0 Å². The summed E-state index contributed by atoms with van der Waals surface area (Å²) >= 11 is 23.9. The van der Waals surface area contributed by atoms with Crippen LogP contribution >= 0.6 is 46.4 Å². The molecule has 0 radical (unpaired) electrons. The second-order valence-corrected chi connectivity index (χ2v) is 6.88. The molecule has 1 aliphatic rings. The van der Waals surface area contributed by atoms with E-state index in [0.717, 1.165) is 0 Å². The van der Waals surface area contributed by atoms with Crippen LogP contribution in [0.15, 0.2) is 18.2 Å². The molecule has 2 aromatic rings. The van der Waals surface area contributed by atoms with Gasteiger partial charge in [0.25, 0.3) is 17.7 Å². The molecule has 2 aromatic carbocycles. The highest BCUT2D eigenvalue weighted by molar-refractivity contribution is 6.55. The summed E-state index contributed by atoms with van der Waals surface area (Å²) in [7, 11) is 0. The first-order valence-electron chi connectivity index (χ1n) is 7.01. The summed E-state index contributed by atoms with van der Waals surface area (Å²) in [6.07, 6.45) is 0. The number of halogens is 4. The first-order chi connectivity index (χ1) is 12.2. The molecule has 0 atom stereocenters. The number of rotatable bonds is 2. The first kappa shape index (κ1) is 18.8. The summed E-state index contributed by atoms with van der Waals surface area (Å²) in [5.74, 6) is -2.99. The Morgan fingerprint density at radius 1 is 0.962 bits per heavy atom. The number of hydrogen-bond donors (Lipinski definition) is 2. The lowest BCUT2D eigenvalue weighted by Crippen LogP contribution is -2.46. The number of amides is 3. The van der Waals surface area contributed by atoms with Gasteiger partial charge in [0.2, 0.25) is 0 Å². The molecule has 6 nitrogen and oxygen atoms in total. The second-order valence-electron chi connectivity index (χ2n) is 5.36. The fourth-order valence-electron chi connectivity index (χ4n) is 2.45. The number of benzene rings is 2. The van der Waals surface area contributed by atoms with E-state index in [1.165, 1.54) is 6.07 Å². The van der Waals surface area contributed by atoms with Crippen molar-refractivity contribution in [1.82, 2.24) is 10.4 Å². The van der Waals surface area contributed by atoms with Gasteiger partial charge in [-0.05, 0) is 18.6 Å². The van der Waals surface area contributed by atoms with Crippen LogP contribution in [0.1, 0.15) is 36.6 Å². The molecule has 0 bridgehead atoms. The number of hydrazine groups is 1. The molecule has 0 saturated heterocycles. The summed E-state index contributed by atoms with van der Waals surface area (Å²) in [6, 6.07) is 4.47. The Morgan fingerprint density at radius 3 is 1.96 bits per heavy atom. The molecule has 10 heteroatoms. The summed E-state index contributed by atoms with van der Waals surface area (Å²) < 4.78 is 0. The van der Waals surface area contributed by atoms with E-state index in [2.05, 4.69) is 5.43 Å². The van der Waals surface area contributed by atoms with Gasteiger partial charge in [0.1, 0.15) is 5.75 Å². The summed E-state index contributed by atoms with van der Waals surface area (Å²) in [5.41, 5.74) is 1.95. The number of phenols is 1. The third-order valence-electron chi connectivity index (χ3n) is 3.80. The van der Waals surface area contributed by atoms with Crippen molar-refractivity contribution in [2.75, 3.05) is 0 Å². The maximum Gasteiger partial charge on any atom is 0.282 e. The monoisotopic (exact) mass is 432 g/mol. The summed E-state index contributed by atoms with van der Waals surface area (Å²) in [5, 5.41) is 9.58. The zero-order valence-corrected chi connectivity index (χ0v) is 15.9. The quantitative estimate of drug-likeness (QED) is 0.421. The largest absolute Gasteiger partial charge is 0.507 e. The van der Waals surface area contributed by atoms with Gasteiger partial charge in [-0.2, -0.15) is 5.01 Å². The average Bonchev–Trinajstić information content (AvgIpc) is 2.85. The van der Waals surface area contributed by atoms with E-state index < -0.39 is 17.7 Å². The van der Waals surface area contributed by atoms with Crippen molar-refractivity contribution in [3.63, 3.8) is 0 Å². The Balaban J connectivity index is 2.01. The third-order valence-corrected chi connectivity index (χ3v) is 5.60. The minimum Gasteiger partial charge on any atom is -0.507 e. The number of para-hydroxylation sites is 1. The zero-order valence-electron chi connectivity index (χ0n) is 12.9. The molecule has 2 N–H and O–H groups in total. The molecule has 1 heterocycles. The molecule has 0 fully saturated rings. The molecule has 0 spiro atoms. The Morgan fingerprint density at radius 2 is 1.46 bits per heavy atom. The van der Waals surface area contributed by atoms with Crippen LogP contribution in [0.25, 0.3) is 0 Å². The highest BCUT2D eigenvalue weighted by atomic mass is 35.5. The van der Waals surface area contributed by atoms with Crippen LogP contribution in [0.5, 0.6) is 5.75 Å². The van der Waals surface area contributed by atoms with Crippen LogP contribution in [-0.2, 0) is 0 Å². The van der Waals surface area contributed by atoms with Crippen LogP contribution in [0.3, 0.4) is 0 Å². The van der Waals surface area contributed by atoms with E-state index in [1.54, 1.807) is 19.1 Å². The second kappa shape index (κ2) is 6.63. The van der Waals surface area contributed by atoms with Crippen molar-refractivity contribution < 1.29 is 19.5 Å². The Labute approximate surface area is 167 Å². The lowest BCUT2D eigenvalue weighted by atomic mass is 10.1. The molecule has 3 amide bonds. The zero-order chi connectivity index (χ0) is 19.3. The normalized spacial score (nSPS) is 13.2. The average molecular weight is 434 g/mol. The van der Waals surface area contributed by atoms with E-state index in [1.807, 2.05) is 0 Å². The van der Waals surface area contributed by atoms with Gasteiger partial charge >= 0.3 is 0 Å². The van der Waals surface area contributed by atoms with Crippen molar-refractivity contribution in [1.29, 1.82) is 0 Å². The first-order valence-corrected chi connectivity index (χ1v) is 8.52. The Bertz CT molecular complexity index is 959. The number of carbonyl (C=O) groups is 3. The molecule has 26 heavy (non-hydrogen) atoms. The van der Waals surface area contributed by atoms with Crippen molar-refractivity contribution in [2.45, 2.75) is 6.92 Å². The number of nitrogens with one attached hydrogen (secondary N) is 1. The minimum atomic E-state index is -0.920. The highest BCUT2D eigenvalue weighted by Crippen LogP contribution is 2.44. The number of fused-ring (bicyclic) bond motifs is 1. The summed E-state index contributed by atoms with van der Waals surface area (Å²) in [6.45, 7) is 1.59. The third kappa shape index (κ3) is 2.70. The molecule has 0 unspecified atom stereocenters. The molecular formula is C16H8Cl4N2O4. The molecule has 3 rings (SSSR count). The topological polar surface area (TPSA) is 86.7 Å². The molecule has 1 aliphatic heterocycles. The van der Waals surface area contributed by atoms with E-state index >= 15 is 0 Å². The van der Waals surface area contributed by atoms with Gasteiger partial charge in [0.05, 0.1) is 36.8 Å². The van der Waals surface area contributed by atoms with Crippen LogP contribution in [-0.4, -0.2) is 27.8 Å². The Kier molecular flexibility index (Phi) is 4.79. The van der Waals surface area contributed by atoms with E-state index in [-0.39, 0.29) is 42.5 Å². The minimum absolute atomic E-state index is 0.116. The SMILES string of the molecule is Cc1cccc(C(=O)NN2C(=O)c3c(Cl)c(Cl)c(Cl)c(Cl)c3C2=O)c1O. The maximum absolute atomic E-state index is 12.5.